The molecule has 4 nitrogen and oxygen atoms in total. The Hall–Kier alpha value is -2.17. The van der Waals surface area contributed by atoms with Gasteiger partial charge in [0.25, 0.3) is 0 Å². The summed E-state index contributed by atoms with van der Waals surface area (Å²) in [6, 6.07) is 10.5. The maximum atomic E-state index is 12.0. The van der Waals surface area contributed by atoms with E-state index in [1.165, 1.54) is 13.2 Å². The van der Waals surface area contributed by atoms with Crippen LogP contribution < -0.4 is 14.8 Å². The van der Waals surface area contributed by atoms with Crippen LogP contribution in [0.25, 0.3) is 6.08 Å². The number of hydrogen-bond acceptors (Lipinski definition) is 3. The predicted octanol–water partition coefficient (Wildman–Crippen LogP) is 5.05. The van der Waals surface area contributed by atoms with Gasteiger partial charge in [0.1, 0.15) is 0 Å². The quantitative estimate of drug-likeness (QED) is 0.728. The van der Waals surface area contributed by atoms with Crippen molar-refractivity contribution in [1.29, 1.82) is 0 Å². The molecule has 0 bridgehead atoms. The van der Waals surface area contributed by atoms with Crippen molar-refractivity contribution in [2.24, 2.45) is 0 Å². The van der Waals surface area contributed by atoms with Crippen molar-refractivity contribution in [3.05, 3.63) is 58.1 Å². The minimum atomic E-state index is -0.298. The average molecular weight is 366 g/mol. The van der Waals surface area contributed by atoms with Crippen LogP contribution in [0.2, 0.25) is 10.0 Å². The molecule has 1 N–H and O–H groups in total. The summed E-state index contributed by atoms with van der Waals surface area (Å²) in [5.74, 6) is 0.697. The van der Waals surface area contributed by atoms with Crippen LogP contribution in [0.15, 0.2) is 42.5 Å². The Morgan fingerprint density at radius 2 is 1.96 bits per heavy atom. The first-order valence-corrected chi connectivity index (χ1v) is 8.04. The first kappa shape index (κ1) is 18.2. The highest BCUT2D eigenvalue weighted by atomic mass is 35.5. The molecule has 6 heteroatoms. The molecule has 0 unspecified atom stereocenters. The molecule has 0 aliphatic heterocycles. The Morgan fingerprint density at radius 3 is 2.62 bits per heavy atom. The number of halogens is 2. The summed E-state index contributed by atoms with van der Waals surface area (Å²) in [4.78, 5) is 12.0. The average Bonchev–Trinajstić information content (AvgIpc) is 2.55. The van der Waals surface area contributed by atoms with Gasteiger partial charge in [-0.25, -0.2) is 0 Å². The number of ether oxygens (including phenoxy) is 2. The standard InChI is InChI=1S/C18H17Cl2NO3/c1-3-24-16-11-12(10-14(20)18(16)23-2)8-9-17(22)21-15-7-5-4-6-13(15)19/h4-11H,3H2,1-2H3,(H,21,22)/b9-8+. The second-order valence-corrected chi connectivity index (χ2v) is 5.58. The molecule has 0 saturated heterocycles. The van der Waals surface area contributed by atoms with Crippen molar-refractivity contribution in [2.45, 2.75) is 6.92 Å². The van der Waals surface area contributed by atoms with Gasteiger partial charge in [-0.3, -0.25) is 4.79 Å². The van der Waals surface area contributed by atoms with Crippen molar-refractivity contribution in [3.63, 3.8) is 0 Å². The molecule has 2 aromatic rings. The molecule has 0 aliphatic rings. The lowest BCUT2D eigenvalue weighted by molar-refractivity contribution is -0.111. The lowest BCUT2D eigenvalue weighted by atomic mass is 10.2. The Kier molecular flexibility index (Phi) is 6.53. The lowest BCUT2D eigenvalue weighted by Crippen LogP contribution is -2.07. The summed E-state index contributed by atoms with van der Waals surface area (Å²) in [5, 5.41) is 3.60. The summed E-state index contributed by atoms with van der Waals surface area (Å²) in [5.41, 5.74) is 1.27. The third-order valence-corrected chi connectivity index (χ3v) is 3.71. The minimum absolute atomic E-state index is 0.298. The van der Waals surface area contributed by atoms with Gasteiger partial charge < -0.3 is 14.8 Å². The van der Waals surface area contributed by atoms with Crippen LogP contribution in [-0.2, 0) is 4.79 Å². The second kappa shape index (κ2) is 8.62. The van der Waals surface area contributed by atoms with Crippen molar-refractivity contribution < 1.29 is 14.3 Å². The van der Waals surface area contributed by atoms with Crippen LogP contribution >= 0.6 is 23.2 Å². The third kappa shape index (κ3) is 4.66. The van der Waals surface area contributed by atoms with Crippen LogP contribution in [0.3, 0.4) is 0 Å². The molecule has 0 radical (unpaired) electrons. The molecular weight excluding hydrogens is 349 g/mol. The molecule has 0 heterocycles. The Bertz CT molecular complexity index is 760. The number of nitrogens with one attached hydrogen (secondary N) is 1. The highest BCUT2D eigenvalue weighted by Gasteiger charge is 2.10. The summed E-state index contributed by atoms with van der Waals surface area (Å²) in [6.07, 6.45) is 3.04. The number of methoxy groups -OCH3 is 1. The van der Waals surface area contributed by atoms with Gasteiger partial charge in [-0.15, -0.1) is 0 Å². The Labute approximate surface area is 151 Å². The van der Waals surface area contributed by atoms with Gasteiger partial charge in [0.05, 0.1) is 29.4 Å². The lowest BCUT2D eigenvalue weighted by Gasteiger charge is -2.11. The fraction of sp³-hybridized carbons (Fsp3) is 0.167. The van der Waals surface area contributed by atoms with Gasteiger partial charge in [0.2, 0.25) is 5.91 Å². The number of carbonyl (C=O) groups excluding carboxylic acids is 1. The highest BCUT2D eigenvalue weighted by Crippen LogP contribution is 2.36. The van der Waals surface area contributed by atoms with Crippen LogP contribution in [-0.4, -0.2) is 19.6 Å². The Morgan fingerprint density at radius 1 is 1.21 bits per heavy atom. The molecule has 0 aromatic heterocycles. The minimum Gasteiger partial charge on any atom is -0.491 e. The van der Waals surface area contributed by atoms with E-state index < -0.39 is 0 Å². The maximum absolute atomic E-state index is 12.0. The van der Waals surface area contributed by atoms with Crippen LogP contribution in [0.1, 0.15) is 12.5 Å². The van der Waals surface area contributed by atoms with Crippen molar-refractivity contribution in [1.82, 2.24) is 0 Å². The fourth-order valence-corrected chi connectivity index (χ4v) is 2.53. The van der Waals surface area contributed by atoms with Gasteiger partial charge in [0.15, 0.2) is 11.5 Å². The number of anilines is 1. The van der Waals surface area contributed by atoms with Crippen molar-refractivity contribution in [2.75, 3.05) is 19.0 Å². The van der Waals surface area contributed by atoms with E-state index in [2.05, 4.69) is 5.32 Å². The maximum Gasteiger partial charge on any atom is 0.248 e. The normalized spacial score (nSPS) is 10.7. The van der Waals surface area contributed by atoms with Gasteiger partial charge in [-0.05, 0) is 42.8 Å². The van der Waals surface area contributed by atoms with E-state index in [9.17, 15) is 4.79 Å². The summed E-state index contributed by atoms with van der Waals surface area (Å²) in [6.45, 7) is 2.35. The van der Waals surface area contributed by atoms with Crippen LogP contribution in [0.4, 0.5) is 5.69 Å². The molecular formula is C18H17Cl2NO3. The van der Waals surface area contributed by atoms with Crippen molar-refractivity contribution in [3.8, 4) is 11.5 Å². The predicted molar refractivity (Wildman–Crippen MR) is 98.3 cm³/mol. The zero-order valence-electron chi connectivity index (χ0n) is 13.3. The van der Waals surface area contributed by atoms with Crippen LogP contribution in [0, 0.1) is 0 Å². The number of hydrogen-bond donors (Lipinski definition) is 1. The number of rotatable bonds is 6. The zero-order chi connectivity index (χ0) is 17.5. The second-order valence-electron chi connectivity index (χ2n) is 4.77. The third-order valence-electron chi connectivity index (χ3n) is 3.09. The van der Waals surface area contributed by atoms with E-state index >= 15 is 0 Å². The number of para-hydroxylation sites is 1. The first-order valence-electron chi connectivity index (χ1n) is 7.29. The number of amides is 1. The SMILES string of the molecule is CCOc1cc(/C=C/C(=O)Nc2ccccc2Cl)cc(Cl)c1OC. The molecule has 0 fully saturated rings. The van der Waals surface area contributed by atoms with Gasteiger partial charge in [-0.1, -0.05) is 35.3 Å². The summed E-state index contributed by atoms with van der Waals surface area (Å²) >= 11 is 12.2. The van der Waals surface area contributed by atoms with E-state index in [1.807, 2.05) is 6.92 Å². The molecule has 0 spiro atoms. The topological polar surface area (TPSA) is 47.6 Å². The monoisotopic (exact) mass is 365 g/mol. The molecule has 2 rings (SSSR count). The molecule has 1 amide bonds. The van der Waals surface area contributed by atoms with Gasteiger partial charge in [-0.2, -0.15) is 0 Å². The molecule has 2 aromatic carbocycles. The molecule has 24 heavy (non-hydrogen) atoms. The largest absolute Gasteiger partial charge is 0.491 e. The first-order chi connectivity index (χ1) is 11.5. The van der Waals surface area contributed by atoms with E-state index in [-0.39, 0.29) is 5.91 Å². The molecule has 0 atom stereocenters. The highest BCUT2D eigenvalue weighted by molar-refractivity contribution is 6.34. The molecule has 0 aliphatic carbocycles. The Balaban J connectivity index is 2.16. The zero-order valence-corrected chi connectivity index (χ0v) is 14.8. The fourth-order valence-electron chi connectivity index (χ4n) is 2.05. The molecule has 0 saturated carbocycles. The van der Waals surface area contributed by atoms with E-state index in [0.29, 0.717) is 33.8 Å². The van der Waals surface area contributed by atoms with E-state index in [4.69, 9.17) is 32.7 Å². The smallest absolute Gasteiger partial charge is 0.248 e. The van der Waals surface area contributed by atoms with Crippen LogP contribution in [0.5, 0.6) is 11.5 Å². The summed E-state index contributed by atoms with van der Waals surface area (Å²) in [7, 11) is 1.52. The summed E-state index contributed by atoms with van der Waals surface area (Å²) < 4.78 is 10.7. The van der Waals surface area contributed by atoms with E-state index in [0.717, 1.165) is 5.56 Å². The molecule has 126 valence electrons. The van der Waals surface area contributed by atoms with Gasteiger partial charge in [0, 0.05) is 6.08 Å². The van der Waals surface area contributed by atoms with E-state index in [1.54, 1.807) is 42.5 Å². The van der Waals surface area contributed by atoms with Gasteiger partial charge >= 0.3 is 0 Å². The number of carbonyl (C=O) groups is 1. The number of benzene rings is 2. The van der Waals surface area contributed by atoms with Crippen molar-refractivity contribution >= 4 is 40.9 Å².